The van der Waals surface area contributed by atoms with Crippen molar-refractivity contribution in [2.45, 2.75) is 13.3 Å². The highest BCUT2D eigenvalue weighted by atomic mass is 16.5. The van der Waals surface area contributed by atoms with Crippen molar-refractivity contribution in [3.05, 3.63) is 0 Å². The Labute approximate surface area is 86.4 Å². The molecule has 0 N–H and O–H groups in total. The fourth-order valence-electron chi connectivity index (χ4n) is 1.10. The Morgan fingerprint density at radius 2 is 1.93 bits per heavy atom. The van der Waals surface area contributed by atoms with Gasteiger partial charge in [-0.1, -0.05) is 0 Å². The van der Waals surface area contributed by atoms with Gasteiger partial charge in [0.15, 0.2) is 0 Å². The quantitative estimate of drug-likeness (QED) is 0.518. The summed E-state index contributed by atoms with van der Waals surface area (Å²) >= 11 is 0. The molecule has 4 nitrogen and oxygen atoms in total. The lowest BCUT2D eigenvalue weighted by Crippen LogP contribution is -2.31. The lowest BCUT2D eigenvalue weighted by molar-refractivity contribution is 0.0957. The summed E-state index contributed by atoms with van der Waals surface area (Å²) in [5, 5.41) is 8.47. The molecule has 0 unspecified atom stereocenters. The van der Waals surface area contributed by atoms with E-state index < -0.39 is 0 Å². The number of nitrogens with zero attached hydrogens (tertiary/aromatic N) is 2. The zero-order valence-corrected chi connectivity index (χ0v) is 9.16. The summed E-state index contributed by atoms with van der Waals surface area (Å²) in [6, 6.07) is 2.14. The van der Waals surface area contributed by atoms with E-state index in [9.17, 15) is 0 Å². The fraction of sp³-hybridized carbons (Fsp3) is 0.900. The average Bonchev–Trinajstić information content (AvgIpc) is 2.21. The Morgan fingerprint density at radius 1 is 1.21 bits per heavy atom. The standard InChI is InChI=1S/C10H20N2O2/c1-3-14-10-8-12(6-4-5-11)7-9-13-2/h3-4,6-10H2,1-2H3. The molecule has 0 spiro atoms. The smallest absolute Gasteiger partial charge is 0.0635 e. The van der Waals surface area contributed by atoms with E-state index in [1.165, 1.54) is 0 Å². The molecule has 0 aromatic rings. The van der Waals surface area contributed by atoms with Crippen molar-refractivity contribution in [2.24, 2.45) is 0 Å². The van der Waals surface area contributed by atoms with Gasteiger partial charge < -0.3 is 9.47 Å². The molecule has 0 radical (unpaired) electrons. The minimum Gasteiger partial charge on any atom is -0.383 e. The summed E-state index contributed by atoms with van der Waals surface area (Å²) < 4.78 is 10.3. The van der Waals surface area contributed by atoms with Gasteiger partial charge in [0.25, 0.3) is 0 Å². The third-order valence-corrected chi connectivity index (χ3v) is 1.91. The maximum atomic E-state index is 8.47. The van der Waals surface area contributed by atoms with Crippen molar-refractivity contribution in [2.75, 3.05) is 46.6 Å². The van der Waals surface area contributed by atoms with Crippen LogP contribution in [0.25, 0.3) is 0 Å². The minimum absolute atomic E-state index is 0.565. The van der Waals surface area contributed by atoms with Crippen molar-refractivity contribution in [1.29, 1.82) is 5.26 Å². The summed E-state index contributed by atoms with van der Waals surface area (Å²) in [4.78, 5) is 2.18. The van der Waals surface area contributed by atoms with E-state index in [1.54, 1.807) is 7.11 Å². The first-order valence-corrected chi connectivity index (χ1v) is 5.01. The van der Waals surface area contributed by atoms with Gasteiger partial charge in [-0.05, 0) is 6.92 Å². The Hall–Kier alpha value is -0.630. The molecule has 0 bridgehead atoms. The van der Waals surface area contributed by atoms with Crippen LogP contribution in [-0.2, 0) is 9.47 Å². The third-order valence-electron chi connectivity index (χ3n) is 1.91. The molecule has 0 saturated carbocycles. The zero-order chi connectivity index (χ0) is 10.6. The molecule has 0 amide bonds. The van der Waals surface area contributed by atoms with Crippen molar-refractivity contribution in [3.8, 4) is 6.07 Å². The second kappa shape index (κ2) is 10.5. The monoisotopic (exact) mass is 200 g/mol. The maximum Gasteiger partial charge on any atom is 0.0635 e. The SMILES string of the molecule is CCOCCN(CCC#N)CCOC. The van der Waals surface area contributed by atoms with E-state index >= 15 is 0 Å². The molecule has 0 saturated heterocycles. The molecule has 4 heteroatoms. The maximum absolute atomic E-state index is 8.47. The van der Waals surface area contributed by atoms with Gasteiger partial charge in [0.1, 0.15) is 0 Å². The Bertz CT molecular complexity index is 157. The number of hydrogen-bond acceptors (Lipinski definition) is 4. The van der Waals surface area contributed by atoms with Crippen LogP contribution in [0.1, 0.15) is 13.3 Å². The van der Waals surface area contributed by atoms with Crippen LogP contribution in [0.3, 0.4) is 0 Å². The second-order valence-electron chi connectivity index (χ2n) is 2.94. The molecule has 0 aliphatic carbocycles. The molecule has 0 fully saturated rings. The predicted molar refractivity (Wildman–Crippen MR) is 55.0 cm³/mol. The highest BCUT2D eigenvalue weighted by Gasteiger charge is 2.03. The largest absolute Gasteiger partial charge is 0.383 e. The summed E-state index contributed by atoms with van der Waals surface area (Å²) in [5.74, 6) is 0. The predicted octanol–water partition coefficient (Wildman–Crippen LogP) is 0.885. The molecule has 82 valence electrons. The Morgan fingerprint density at radius 3 is 2.50 bits per heavy atom. The minimum atomic E-state index is 0.565. The first-order chi connectivity index (χ1) is 6.85. The van der Waals surface area contributed by atoms with Crippen LogP contribution in [-0.4, -0.2) is 51.5 Å². The molecule has 0 rings (SSSR count). The van der Waals surface area contributed by atoms with Crippen molar-refractivity contribution in [3.63, 3.8) is 0 Å². The highest BCUT2D eigenvalue weighted by molar-refractivity contribution is 4.72. The summed E-state index contributed by atoms with van der Waals surface area (Å²) in [6.45, 7) is 6.70. The van der Waals surface area contributed by atoms with Gasteiger partial charge in [0.05, 0.1) is 19.3 Å². The number of nitriles is 1. The second-order valence-corrected chi connectivity index (χ2v) is 2.94. The lowest BCUT2D eigenvalue weighted by Gasteiger charge is -2.20. The molecule has 0 aliphatic rings. The van der Waals surface area contributed by atoms with Crippen LogP contribution in [0.4, 0.5) is 0 Å². The van der Waals surface area contributed by atoms with Crippen LogP contribution >= 0.6 is 0 Å². The van der Waals surface area contributed by atoms with Gasteiger partial charge in [0, 0.05) is 39.8 Å². The molecular formula is C10H20N2O2. The molecule has 0 aliphatic heterocycles. The normalized spacial score (nSPS) is 10.4. The molecule has 14 heavy (non-hydrogen) atoms. The number of ether oxygens (including phenoxy) is 2. The van der Waals surface area contributed by atoms with E-state index in [4.69, 9.17) is 14.7 Å². The molecule has 0 aromatic carbocycles. The first-order valence-electron chi connectivity index (χ1n) is 5.01. The van der Waals surface area contributed by atoms with E-state index in [2.05, 4.69) is 11.0 Å². The molecule has 0 heterocycles. The van der Waals surface area contributed by atoms with E-state index in [-0.39, 0.29) is 0 Å². The van der Waals surface area contributed by atoms with Gasteiger partial charge in [-0.15, -0.1) is 0 Å². The zero-order valence-electron chi connectivity index (χ0n) is 9.16. The number of rotatable bonds is 9. The molecule has 0 aromatic heterocycles. The Kier molecular flexibility index (Phi) is 9.98. The first kappa shape index (κ1) is 13.4. The fourth-order valence-corrected chi connectivity index (χ4v) is 1.10. The molecular weight excluding hydrogens is 180 g/mol. The van der Waals surface area contributed by atoms with Crippen molar-refractivity contribution in [1.82, 2.24) is 4.90 Å². The van der Waals surface area contributed by atoms with Crippen LogP contribution in [0.2, 0.25) is 0 Å². The van der Waals surface area contributed by atoms with Gasteiger partial charge in [-0.2, -0.15) is 5.26 Å². The topological polar surface area (TPSA) is 45.5 Å². The van der Waals surface area contributed by atoms with E-state index in [1.807, 2.05) is 6.92 Å². The van der Waals surface area contributed by atoms with Crippen LogP contribution in [0.5, 0.6) is 0 Å². The third kappa shape index (κ3) is 7.99. The van der Waals surface area contributed by atoms with Gasteiger partial charge in [-0.25, -0.2) is 0 Å². The van der Waals surface area contributed by atoms with Crippen molar-refractivity contribution < 1.29 is 9.47 Å². The summed E-state index contributed by atoms with van der Waals surface area (Å²) in [5.41, 5.74) is 0. The number of methoxy groups -OCH3 is 1. The van der Waals surface area contributed by atoms with Crippen LogP contribution < -0.4 is 0 Å². The van der Waals surface area contributed by atoms with Crippen molar-refractivity contribution >= 4 is 0 Å². The van der Waals surface area contributed by atoms with Crippen LogP contribution in [0, 0.1) is 11.3 Å². The molecule has 0 atom stereocenters. The van der Waals surface area contributed by atoms with Gasteiger partial charge in [-0.3, -0.25) is 4.90 Å². The van der Waals surface area contributed by atoms with Gasteiger partial charge >= 0.3 is 0 Å². The van der Waals surface area contributed by atoms with E-state index in [0.29, 0.717) is 13.0 Å². The summed E-state index contributed by atoms with van der Waals surface area (Å²) in [7, 11) is 1.69. The lowest BCUT2D eigenvalue weighted by atomic mass is 10.4. The van der Waals surface area contributed by atoms with E-state index in [0.717, 1.165) is 32.8 Å². The summed E-state index contributed by atoms with van der Waals surface area (Å²) in [6.07, 6.45) is 0.565. The highest BCUT2D eigenvalue weighted by Crippen LogP contribution is 1.91. The average molecular weight is 200 g/mol. The Balaban J connectivity index is 3.56. The van der Waals surface area contributed by atoms with Crippen LogP contribution in [0.15, 0.2) is 0 Å². The van der Waals surface area contributed by atoms with Gasteiger partial charge in [0.2, 0.25) is 0 Å². The number of hydrogen-bond donors (Lipinski definition) is 0.